The van der Waals surface area contributed by atoms with E-state index in [1.54, 1.807) is 17.1 Å². The summed E-state index contributed by atoms with van der Waals surface area (Å²) in [7, 11) is 0. The highest BCUT2D eigenvalue weighted by Gasteiger charge is 2.16. The van der Waals surface area contributed by atoms with Gasteiger partial charge in [-0.1, -0.05) is 6.92 Å². The molecular formula is C10H16BrN3O. The SMILES string of the molecule is CC[C@@H](C)NC(=O)[C@H](C)n1cc(Br)cn1. The Bertz CT molecular complexity index is 337. The predicted octanol–water partition coefficient (Wildman–Crippen LogP) is 2.12. The van der Waals surface area contributed by atoms with Crippen molar-refractivity contribution in [3.8, 4) is 0 Å². The number of rotatable bonds is 4. The quantitative estimate of drug-likeness (QED) is 0.914. The van der Waals surface area contributed by atoms with Crippen LogP contribution >= 0.6 is 15.9 Å². The molecule has 0 aliphatic heterocycles. The Morgan fingerprint density at radius 3 is 2.80 bits per heavy atom. The number of carbonyl (C=O) groups excluding carboxylic acids is 1. The maximum absolute atomic E-state index is 11.7. The van der Waals surface area contributed by atoms with E-state index < -0.39 is 0 Å². The fourth-order valence-electron chi connectivity index (χ4n) is 1.11. The van der Waals surface area contributed by atoms with Crippen molar-refractivity contribution in [1.29, 1.82) is 0 Å². The summed E-state index contributed by atoms with van der Waals surface area (Å²) < 4.78 is 2.52. The lowest BCUT2D eigenvalue weighted by Gasteiger charge is -2.16. The molecule has 2 atom stereocenters. The lowest BCUT2D eigenvalue weighted by Crippen LogP contribution is -2.37. The average molecular weight is 274 g/mol. The fraction of sp³-hybridized carbons (Fsp3) is 0.600. The Balaban J connectivity index is 2.60. The molecule has 84 valence electrons. The van der Waals surface area contributed by atoms with Gasteiger partial charge < -0.3 is 5.32 Å². The smallest absolute Gasteiger partial charge is 0.244 e. The van der Waals surface area contributed by atoms with Crippen LogP contribution in [-0.4, -0.2) is 21.7 Å². The molecule has 0 radical (unpaired) electrons. The summed E-state index contributed by atoms with van der Waals surface area (Å²) >= 11 is 3.30. The minimum absolute atomic E-state index is 0.0000463. The van der Waals surface area contributed by atoms with Crippen molar-refractivity contribution in [3.05, 3.63) is 16.9 Å². The summed E-state index contributed by atoms with van der Waals surface area (Å²) in [5.41, 5.74) is 0. The normalized spacial score (nSPS) is 14.7. The molecule has 0 bridgehead atoms. The molecule has 0 saturated heterocycles. The van der Waals surface area contributed by atoms with Crippen LogP contribution in [0.1, 0.15) is 33.2 Å². The number of amides is 1. The Morgan fingerprint density at radius 1 is 1.67 bits per heavy atom. The molecule has 15 heavy (non-hydrogen) atoms. The molecule has 1 amide bonds. The van der Waals surface area contributed by atoms with Gasteiger partial charge in [0, 0.05) is 12.2 Å². The zero-order chi connectivity index (χ0) is 11.4. The number of halogens is 1. The van der Waals surface area contributed by atoms with Gasteiger partial charge in [-0.05, 0) is 36.2 Å². The van der Waals surface area contributed by atoms with Gasteiger partial charge in [-0.3, -0.25) is 9.48 Å². The number of nitrogens with zero attached hydrogens (tertiary/aromatic N) is 2. The van der Waals surface area contributed by atoms with Gasteiger partial charge in [-0.15, -0.1) is 0 Å². The summed E-state index contributed by atoms with van der Waals surface area (Å²) in [5, 5.41) is 7.00. The van der Waals surface area contributed by atoms with Crippen molar-refractivity contribution in [2.45, 2.75) is 39.3 Å². The Kier molecular flexibility index (Phi) is 4.32. The molecule has 4 nitrogen and oxygen atoms in total. The van der Waals surface area contributed by atoms with Crippen LogP contribution in [0.2, 0.25) is 0 Å². The minimum atomic E-state index is -0.273. The van der Waals surface area contributed by atoms with Gasteiger partial charge in [0.25, 0.3) is 0 Å². The Morgan fingerprint density at radius 2 is 2.33 bits per heavy atom. The van der Waals surface area contributed by atoms with Crippen LogP contribution in [0, 0.1) is 0 Å². The number of carbonyl (C=O) groups is 1. The third kappa shape index (κ3) is 3.34. The molecule has 0 saturated carbocycles. The second-order valence-corrected chi connectivity index (χ2v) is 4.55. The molecule has 1 N–H and O–H groups in total. The number of nitrogens with one attached hydrogen (secondary N) is 1. The molecule has 0 spiro atoms. The van der Waals surface area contributed by atoms with Gasteiger partial charge in [-0.2, -0.15) is 5.10 Å². The first-order chi connectivity index (χ1) is 7.04. The zero-order valence-corrected chi connectivity index (χ0v) is 10.8. The van der Waals surface area contributed by atoms with Gasteiger partial charge in [-0.25, -0.2) is 0 Å². The zero-order valence-electron chi connectivity index (χ0n) is 9.20. The van der Waals surface area contributed by atoms with Gasteiger partial charge >= 0.3 is 0 Å². The Labute approximate surface area is 98.2 Å². The maximum Gasteiger partial charge on any atom is 0.244 e. The summed E-state index contributed by atoms with van der Waals surface area (Å²) in [5.74, 6) is -0.0000463. The van der Waals surface area contributed by atoms with Crippen molar-refractivity contribution in [3.63, 3.8) is 0 Å². The van der Waals surface area contributed by atoms with Crippen LogP contribution in [0.25, 0.3) is 0 Å². The van der Waals surface area contributed by atoms with E-state index >= 15 is 0 Å². The standard InChI is InChI=1S/C10H16BrN3O/c1-4-7(2)13-10(15)8(3)14-6-9(11)5-12-14/h5-8H,4H2,1-3H3,(H,13,15)/t7-,8+/m1/s1. The van der Waals surface area contributed by atoms with Crippen molar-refractivity contribution in [2.24, 2.45) is 0 Å². The van der Waals surface area contributed by atoms with Crippen molar-refractivity contribution in [1.82, 2.24) is 15.1 Å². The van der Waals surface area contributed by atoms with Crippen LogP contribution in [-0.2, 0) is 4.79 Å². The van der Waals surface area contributed by atoms with Crippen molar-refractivity contribution >= 4 is 21.8 Å². The molecule has 5 heteroatoms. The second-order valence-electron chi connectivity index (χ2n) is 3.63. The van der Waals surface area contributed by atoms with Gasteiger partial charge in [0.1, 0.15) is 6.04 Å². The molecule has 0 unspecified atom stereocenters. The van der Waals surface area contributed by atoms with E-state index in [1.807, 2.05) is 20.8 Å². The summed E-state index contributed by atoms with van der Waals surface area (Å²) in [4.78, 5) is 11.7. The highest BCUT2D eigenvalue weighted by Crippen LogP contribution is 2.11. The van der Waals surface area contributed by atoms with Crippen molar-refractivity contribution in [2.75, 3.05) is 0 Å². The fourth-order valence-corrected chi connectivity index (χ4v) is 1.41. The number of hydrogen-bond donors (Lipinski definition) is 1. The van der Waals surface area contributed by atoms with Crippen LogP contribution in [0.4, 0.5) is 0 Å². The number of aromatic nitrogens is 2. The topological polar surface area (TPSA) is 46.9 Å². The largest absolute Gasteiger partial charge is 0.352 e. The minimum Gasteiger partial charge on any atom is -0.352 e. The first-order valence-electron chi connectivity index (χ1n) is 5.04. The van der Waals surface area contributed by atoms with Crippen LogP contribution < -0.4 is 5.32 Å². The third-order valence-corrected chi connectivity index (χ3v) is 2.76. The monoisotopic (exact) mass is 273 g/mol. The molecule has 0 aliphatic rings. The lowest BCUT2D eigenvalue weighted by molar-refractivity contribution is -0.124. The van der Waals surface area contributed by atoms with Gasteiger partial charge in [0.05, 0.1) is 10.7 Å². The van der Waals surface area contributed by atoms with E-state index in [1.165, 1.54) is 0 Å². The molecule has 1 aromatic heterocycles. The summed E-state index contributed by atoms with van der Waals surface area (Å²) in [6.07, 6.45) is 4.40. The van der Waals surface area contributed by atoms with Crippen LogP contribution in [0.15, 0.2) is 16.9 Å². The van der Waals surface area contributed by atoms with E-state index in [9.17, 15) is 4.79 Å². The molecule has 1 heterocycles. The predicted molar refractivity (Wildman–Crippen MR) is 62.5 cm³/mol. The molecular weight excluding hydrogens is 258 g/mol. The molecule has 0 fully saturated rings. The summed E-state index contributed by atoms with van der Waals surface area (Å²) in [6, 6.07) is -0.0655. The first kappa shape index (κ1) is 12.2. The van der Waals surface area contributed by atoms with E-state index in [0.717, 1.165) is 10.9 Å². The highest BCUT2D eigenvalue weighted by atomic mass is 79.9. The van der Waals surface area contributed by atoms with E-state index in [0.29, 0.717) is 0 Å². The molecule has 0 aromatic carbocycles. The Hall–Kier alpha value is -0.840. The second kappa shape index (κ2) is 5.30. The number of hydrogen-bond acceptors (Lipinski definition) is 2. The van der Waals surface area contributed by atoms with E-state index in [4.69, 9.17) is 0 Å². The highest BCUT2D eigenvalue weighted by molar-refractivity contribution is 9.10. The van der Waals surface area contributed by atoms with E-state index in [-0.39, 0.29) is 18.0 Å². The van der Waals surface area contributed by atoms with Crippen molar-refractivity contribution < 1.29 is 4.79 Å². The molecule has 0 aliphatic carbocycles. The molecule has 1 rings (SSSR count). The third-order valence-electron chi connectivity index (χ3n) is 2.35. The summed E-state index contributed by atoms with van der Waals surface area (Å²) in [6.45, 7) is 5.86. The average Bonchev–Trinajstić information content (AvgIpc) is 2.63. The van der Waals surface area contributed by atoms with E-state index in [2.05, 4.69) is 26.3 Å². The molecule has 1 aromatic rings. The maximum atomic E-state index is 11.7. The lowest BCUT2D eigenvalue weighted by atomic mass is 10.2. The van der Waals surface area contributed by atoms with Gasteiger partial charge in [0.15, 0.2) is 0 Å². The first-order valence-corrected chi connectivity index (χ1v) is 5.84. The van der Waals surface area contributed by atoms with Crippen LogP contribution in [0.3, 0.4) is 0 Å². The van der Waals surface area contributed by atoms with Gasteiger partial charge in [0.2, 0.25) is 5.91 Å². The van der Waals surface area contributed by atoms with Crippen LogP contribution in [0.5, 0.6) is 0 Å².